The van der Waals surface area contributed by atoms with E-state index in [4.69, 9.17) is 23.1 Å². The summed E-state index contributed by atoms with van der Waals surface area (Å²) in [6, 6.07) is 2.90. The number of amides is 1. The van der Waals surface area contributed by atoms with Gasteiger partial charge in [0.2, 0.25) is 15.7 Å². The van der Waals surface area contributed by atoms with Gasteiger partial charge < -0.3 is 11.5 Å². The lowest BCUT2D eigenvalue weighted by molar-refractivity contribution is -0.117. The van der Waals surface area contributed by atoms with Gasteiger partial charge in [-0.15, -0.1) is 0 Å². The van der Waals surface area contributed by atoms with Crippen LogP contribution in [0.3, 0.4) is 0 Å². The van der Waals surface area contributed by atoms with Crippen molar-refractivity contribution in [1.29, 1.82) is 0 Å². The summed E-state index contributed by atoms with van der Waals surface area (Å²) >= 11 is 5.86. The largest absolute Gasteiger partial charge is 0.367 e. The number of sulfone groups is 1. The third kappa shape index (κ3) is 2.59. The lowest BCUT2D eigenvalue weighted by atomic mass is 10.2. The Morgan fingerprint density at radius 3 is 2.29 bits per heavy atom. The minimum atomic E-state index is -3.96. The van der Waals surface area contributed by atoms with Gasteiger partial charge in [-0.25, -0.2) is 8.42 Å². The van der Waals surface area contributed by atoms with Crippen molar-refractivity contribution >= 4 is 27.3 Å². The number of rotatable bonds is 3. The Morgan fingerprint density at radius 1 is 1.29 bits per heavy atom. The van der Waals surface area contributed by atoms with Gasteiger partial charge in [0.05, 0.1) is 4.90 Å². The highest BCUT2D eigenvalue weighted by Gasteiger charge is 2.30. The minimum absolute atomic E-state index is 0.0225. The highest BCUT2D eigenvalue weighted by Crippen LogP contribution is 2.25. The molecule has 1 unspecified atom stereocenters. The van der Waals surface area contributed by atoms with Crippen LogP contribution in [0.15, 0.2) is 17.0 Å². The van der Waals surface area contributed by atoms with Crippen molar-refractivity contribution in [1.82, 2.24) is 0 Å². The second-order valence-electron chi connectivity index (χ2n) is 3.73. The predicted molar refractivity (Wildman–Crippen MR) is 65.3 cm³/mol. The van der Waals surface area contributed by atoms with Gasteiger partial charge in [-0.05, 0) is 37.1 Å². The van der Waals surface area contributed by atoms with Crippen LogP contribution in [0.2, 0.25) is 5.02 Å². The van der Waals surface area contributed by atoms with Gasteiger partial charge in [0.1, 0.15) is 0 Å². The highest BCUT2D eigenvalue weighted by molar-refractivity contribution is 7.92. The first-order valence-electron chi connectivity index (χ1n) is 4.73. The van der Waals surface area contributed by atoms with Crippen LogP contribution in [0.1, 0.15) is 11.1 Å². The van der Waals surface area contributed by atoms with Gasteiger partial charge in [0.15, 0.2) is 5.37 Å². The quantitative estimate of drug-likeness (QED) is 0.839. The maximum absolute atomic E-state index is 12.0. The molecule has 0 bridgehead atoms. The van der Waals surface area contributed by atoms with E-state index in [0.717, 1.165) is 0 Å². The van der Waals surface area contributed by atoms with E-state index in [1.165, 1.54) is 12.1 Å². The van der Waals surface area contributed by atoms with Crippen LogP contribution in [0.5, 0.6) is 0 Å². The molecular weight excluding hydrogens is 264 g/mol. The molecule has 0 aromatic heterocycles. The van der Waals surface area contributed by atoms with Crippen molar-refractivity contribution in [3.63, 3.8) is 0 Å². The zero-order valence-electron chi connectivity index (χ0n) is 9.40. The Bertz CT molecular complexity index is 569. The third-order valence-electron chi connectivity index (χ3n) is 2.38. The smallest absolute Gasteiger partial charge is 0.250 e. The molecule has 0 aliphatic carbocycles. The van der Waals surface area contributed by atoms with E-state index in [1.54, 1.807) is 13.8 Å². The third-order valence-corrected chi connectivity index (χ3v) is 4.74. The standard InChI is InChI=1S/C10H13ClN2O3S/c1-5-4-8(6(2)3-7(5)11)17(15,16)10(13)9(12)14/h3-4,10H,13H2,1-2H3,(H2,12,14). The summed E-state index contributed by atoms with van der Waals surface area (Å²) < 4.78 is 24.0. The Hall–Kier alpha value is -1.11. The number of primary amides is 1. The van der Waals surface area contributed by atoms with Gasteiger partial charge in [-0.3, -0.25) is 4.79 Å². The van der Waals surface area contributed by atoms with Crippen molar-refractivity contribution in [3.8, 4) is 0 Å². The normalized spacial score (nSPS) is 13.4. The minimum Gasteiger partial charge on any atom is -0.367 e. The zero-order valence-corrected chi connectivity index (χ0v) is 11.0. The second-order valence-corrected chi connectivity index (χ2v) is 6.18. The summed E-state index contributed by atoms with van der Waals surface area (Å²) in [7, 11) is -3.96. The molecule has 0 heterocycles. The molecule has 7 heteroatoms. The number of nitrogens with two attached hydrogens (primary N) is 2. The average molecular weight is 277 g/mol. The fraction of sp³-hybridized carbons (Fsp3) is 0.300. The molecule has 1 atom stereocenters. The van der Waals surface area contributed by atoms with Gasteiger partial charge in [-0.1, -0.05) is 11.6 Å². The fourth-order valence-corrected chi connectivity index (χ4v) is 3.00. The molecule has 0 saturated heterocycles. The number of carbonyl (C=O) groups excluding carboxylic acids is 1. The van der Waals surface area contributed by atoms with Crippen LogP contribution in [-0.4, -0.2) is 19.7 Å². The Balaban J connectivity index is 3.44. The highest BCUT2D eigenvalue weighted by atomic mass is 35.5. The molecule has 0 fully saturated rings. The maximum Gasteiger partial charge on any atom is 0.250 e. The number of halogens is 1. The zero-order chi connectivity index (χ0) is 13.4. The summed E-state index contributed by atoms with van der Waals surface area (Å²) in [6.07, 6.45) is 0. The number of aryl methyl sites for hydroxylation is 2. The second kappa shape index (κ2) is 4.64. The van der Waals surface area contributed by atoms with Gasteiger partial charge >= 0.3 is 0 Å². The summed E-state index contributed by atoms with van der Waals surface area (Å²) in [5, 5.41) is -1.30. The molecule has 1 amide bonds. The van der Waals surface area contributed by atoms with Crippen LogP contribution in [0, 0.1) is 13.8 Å². The van der Waals surface area contributed by atoms with E-state index in [0.29, 0.717) is 16.1 Å². The lowest BCUT2D eigenvalue weighted by Crippen LogP contribution is -2.43. The number of hydrogen-bond acceptors (Lipinski definition) is 4. The van der Waals surface area contributed by atoms with Crippen molar-refractivity contribution in [2.45, 2.75) is 24.1 Å². The molecule has 1 aromatic rings. The maximum atomic E-state index is 12.0. The molecule has 5 nitrogen and oxygen atoms in total. The van der Waals surface area contributed by atoms with Crippen LogP contribution in [-0.2, 0) is 14.6 Å². The van der Waals surface area contributed by atoms with Crippen LogP contribution < -0.4 is 11.5 Å². The number of carbonyl (C=O) groups is 1. The molecule has 0 aliphatic heterocycles. The molecule has 4 N–H and O–H groups in total. The number of hydrogen-bond donors (Lipinski definition) is 2. The molecule has 0 aliphatic rings. The molecular formula is C10H13ClN2O3S. The Kier molecular flexibility index (Phi) is 3.81. The van der Waals surface area contributed by atoms with Crippen molar-refractivity contribution in [2.24, 2.45) is 11.5 Å². The number of benzene rings is 1. The van der Waals surface area contributed by atoms with Crippen LogP contribution in [0.25, 0.3) is 0 Å². The molecule has 0 spiro atoms. The molecule has 94 valence electrons. The average Bonchev–Trinajstić information content (AvgIpc) is 2.21. The van der Waals surface area contributed by atoms with E-state index in [-0.39, 0.29) is 4.90 Å². The Morgan fingerprint density at radius 2 is 1.82 bits per heavy atom. The lowest BCUT2D eigenvalue weighted by Gasteiger charge is -2.13. The van der Waals surface area contributed by atoms with E-state index < -0.39 is 21.1 Å². The predicted octanol–water partition coefficient (Wildman–Crippen LogP) is 0.501. The van der Waals surface area contributed by atoms with Crippen LogP contribution >= 0.6 is 11.6 Å². The van der Waals surface area contributed by atoms with Crippen LogP contribution in [0.4, 0.5) is 0 Å². The summed E-state index contributed by atoms with van der Waals surface area (Å²) in [5.74, 6) is -1.09. The van der Waals surface area contributed by atoms with E-state index in [2.05, 4.69) is 0 Å². The molecule has 1 rings (SSSR count). The first-order valence-corrected chi connectivity index (χ1v) is 6.66. The van der Waals surface area contributed by atoms with E-state index >= 15 is 0 Å². The Labute approximate surface area is 105 Å². The fourth-order valence-electron chi connectivity index (χ4n) is 1.35. The van der Waals surface area contributed by atoms with Crippen molar-refractivity contribution in [2.75, 3.05) is 0 Å². The van der Waals surface area contributed by atoms with E-state index in [1.807, 2.05) is 0 Å². The molecule has 0 radical (unpaired) electrons. The van der Waals surface area contributed by atoms with Gasteiger partial charge in [0.25, 0.3) is 0 Å². The first-order chi connectivity index (χ1) is 7.67. The molecule has 1 aromatic carbocycles. The summed E-state index contributed by atoms with van der Waals surface area (Å²) in [5.41, 5.74) is 11.2. The van der Waals surface area contributed by atoms with Crippen molar-refractivity contribution < 1.29 is 13.2 Å². The van der Waals surface area contributed by atoms with Gasteiger partial charge in [0, 0.05) is 5.02 Å². The topological polar surface area (TPSA) is 103 Å². The molecule has 0 saturated carbocycles. The first kappa shape index (κ1) is 14.0. The monoisotopic (exact) mass is 276 g/mol. The SMILES string of the molecule is Cc1cc(S(=O)(=O)C(N)C(N)=O)c(C)cc1Cl. The summed E-state index contributed by atoms with van der Waals surface area (Å²) in [4.78, 5) is 10.9. The van der Waals surface area contributed by atoms with E-state index in [9.17, 15) is 13.2 Å². The van der Waals surface area contributed by atoms with Crippen molar-refractivity contribution in [3.05, 3.63) is 28.3 Å². The molecule has 17 heavy (non-hydrogen) atoms. The summed E-state index contributed by atoms with van der Waals surface area (Å²) in [6.45, 7) is 3.24. The van der Waals surface area contributed by atoms with Gasteiger partial charge in [-0.2, -0.15) is 0 Å².